The number of carbonyl (C=O) groups is 1. The first kappa shape index (κ1) is 13.8. The summed E-state index contributed by atoms with van der Waals surface area (Å²) in [5.41, 5.74) is 1.16. The van der Waals surface area contributed by atoms with E-state index >= 15 is 0 Å². The summed E-state index contributed by atoms with van der Waals surface area (Å²) in [5, 5.41) is 2.43. The summed E-state index contributed by atoms with van der Waals surface area (Å²) in [7, 11) is 0. The Bertz CT molecular complexity index is 547. The molecule has 0 radical (unpaired) electrons. The molecule has 2 rings (SSSR count). The summed E-state index contributed by atoms with van der Waals surface area (Å²) < 4.78 is 0. The first-order chi connectivity index (χ1) is 9.24. The second-order valence-corrected chi connectivity index (χ2v) is 5.24. The van der Waals surface area contributed by atoms with Gasteiger partial charge in [-0.05, 0) is 22.3 Å². The van der Waals surface area contributed by atoms with Crippen LogP contribution >= 0.6 is 0 Å². The Balaban J connectivity index is 2.15. The number of fused-ring (bicyclic) bond motifs is 1. The third-order valence-electron chi connectivity index (χ3n) is 3.94. The number of carbonyl (C=O) groups excluding carboxylic acids is 1. The molecule has 19 heavy (non-hydrogen) atoms. The molecule has 2 aromatic rings. The molecule has 1 nitrogen and oxygen atoms in total. The van der Waals surface area contributed by atoms with E-state index in [1.807, 2.05) is 18.2 Å². The predicted octanol–water partition coefficient (Wildman–Crippen LogP) is 4.78. The molecule has 0 atom stereocenters. The molecule has 1 heteroatoms. The number of Topliss-reactive ketones (excluding diaryl/α,β-unsaturated/α-hetero) is 1. The van der Waals surface area contributed by atoms with Crippen molar-refractivity contribution in [1.29, 1.82) is 0 Å². The Morgan fingerprint density at radius 3 is 2.42 bits per heavy atom. The zero-order chi connectivity index (χ0) is 13.7. The van der Waals surface area contributed by atoms with Gasteiger partial charge in [0.15, 0.2) is 0 Å². The number of hydrogen-bond acceptors (Lipinski definition) is 1. The lowest BCUT2D eigenvalue weighted by Gasteiger charge is -2.11. The van der Waals surface area contributed by atoms with Gasteiger partial charge in [0.2, 0.25) is 0 Å². The average molecular weight is 254 g/mol. The third kappa shape index (κ3) is 3.44. The quantitative estimate of drug-likeness (QED) is 0.725. The Kier molecular flexibility index (Phi) is 4.73. The Morgan fingerprint density at radius 2 is 1.68 bits per heavy atom. The van der Waals surface area contributed by atoms with E-state index in [1.165, 1.54) is 10.8 Å². The number of rotatable bonds is 6. The van der Waals surface area contributed by atoms with E-state index in [0.29, 0.717) is 18.1 Å². The van der Waals surface area contributed by atoms with Gasteiger partial charge < -0.3 is 0 Å². The molecule has 0 heterocycles. The standard InChI is InChI=1S/C18H22O/c1-3-14(4-2)12-17(19)13-16-10-7-9-15-8-5-6-11-18(15)16/h5-11,14H,3-4,12-13H2,1-2H3. The molecule has 0 aliphatic rings. The molecule has 2 aromatic carbocycles. The van der Waals surface area contributed by atoms with Crippen LogP contribution in [0.15, 0.2) is 42.5 Å². The maximum absolute atomic E-state index is 12.2. The second-order valence-electron chi connectivity index (χ2n) is 5.24. The summed E-state index contributed by atoms with van der Waals surface area (Å²) in [4.78, 5) is 12.2. The van der Waals surface area contributed by atoms with Crippen molar-refractivity contribution in [3.8, 4) is 0 Å². The van der Waals surface area contributed by atoms with E-state index in [9.17, 15) is 4.79 Å². The Labute approximate surface area is 115 Å². The largest absolute Gasteiger partial charge is 0.299 e. The highest BCUT2D eigenvalue weighted by atomic mass is 16.1. The molecule has 0 bridgehead atoms. The van der Waals surface area contributed by atoms with Crippen molar-refractivity contribution in [2.75, 3.05) is 0 Å². The Hall–Kier alpha value is -1.63. The van der Waals surface area contributed by atoms with Gasteiger partial charge in [0.1, 0.15) is 5.78 Å². The predicted molar refractivity (Wildman–Crippen MR) is 81.3 cm³/mol. The van der Waals surface area contributed by atoms with Crippen LogP contribution in [0.4, 0.5) is 0 Å². The van der Waals surface area contributed by atoms with Gasteiger partial charge in [-0.2, -0.15) is 0 Å². The number of ketones is 1. The molecule has 0 N–H and O–H groups in total. The van der Waals surface area contributed by atoms with Crippen molar-refractivity contribution in [2.24, 2.45) is 5.92 Å². The average Bonchev–Trinajstić information content (AvgIpc) is 2.45. The van der Waals surface area contributed by atoms with Crippen molar-refractivity contribution in [1.82, 2.24) is 0 Å². The highest BCUT2D eigenvalue weighted by Gasteiger charge is 2.12. The minimum absolute atomic E-state index is 0.366. The Morgan fingerprint density at radius 1 is 1.00 bits per heavy atom. The molecule has 0 unspecified atom stereocenters. The van der Waals surface area contributed by atoms with E-state index < -0.39 is 0 Å². The van der Waals surface area contributed by atoms with Crippen LogP contribution in [-0.2, 0) is 11.2 Å². The summed E-state index contributed by atoms with van der Waals surface area (Å²) in [5.74, 6) is 0.910. The molecular weight excluding hydrogens is 232 g/mol. The van der Waals surface area contributed by atoms with Gasteiger partial charge in [0.25, 0.3) is 0 Å². The molecule has 0 fully saturated rings. The zero-order valence-corrected chi connectivity index (χ0v) is 11.9. The molecule has 100 valence electrons. The zero-order valence-electron chi connectivity index (χ0n) is 11.9. The SMILES string of the molecule is CCC(CC)CC(=O)Cc1cccc2ccccc12. The number of hydrogen-bond donors (Lipinski definition) is 0. The van der Waals surface area contributed by atoms with Gasteiger partial charge in [0.05, 0.1) is 0 Å². The summed E-state index contributed by atoms with van der Waals surface area (Å²) >= 11 is 0. The fourth-order valence-corrected chi connectivity index (χ4v) is 2.63. The number of benzene rings is 2. The molecular formula is C18H22O. The van der Waals surface area contributed by atoms with Gasteiger partial charge in [-0.1, -0.05) is 69.2 Å². The van der Waals surface area contributed by atoms with Crippen molar-refractivity contribution < 1.29 is 4.79 Å². The normalized spacial score (nSPS) is 11.1. The van der Waals surface area contributed by atoms with Crippen molar-refractivity contribution in [2.45, 2.75) is 39.5 Å². The highest BCUT2D eigenvalue weighted by Crippen LogP contribution is 2.21. The van der Waals surface area contributed by atoms with Crippen LogP contribution in [0.3, 0.4) is 0 Å². The lowest BCUT2D eigenvalue weighted by Crippen LogP contribution is -2.09. The molecule has 0 aliphatic carbocycles. The topological polar surface area (TPSA) is 17.1 Å². The van der Waals surface area contributed by atoms with Crippen LogP contribution in [0.2, 0.25) is 0 Å². The highest BCUT2D eigenvalue weighted by molar-refractivity contribution is 5.90. The first-order valence-corrected chi connectivity index (χ1v) is 7.23. The summed E-state index contributed by atoms with van der Waals surface area (Å²) in [6, 6.07) is 14.5. The van der Waals surface area contributed by atoms with Gasteiger partial charge in [-0.25, -0.2) is 0 Å². The van der Waals surface area contributed by atoms with Crippen LogP contribution in [0.1, 0.15) is 38.7 Å². The second kappa shape index (κ2) is 6.51. The first-order valence-electron chi connectivity index (χ1n) is 7.23. The van der Waals surface area contributed by atoms with Crippen molar-refractivity contribution in [3.63, 3.8) is 0 Å². The fraction of sp³-hybridized carbons (Fsp3) is 0.389. The van der Waals surface area contributed by atoms with Crippen LogP contribution in [0.5, 0.6) is 0 Å². The maximum atomic E-state index is 12.2. The van der Waals surface area contributed by atoms with E-state index in [4.69, 9.17) is 0 Å². The summed E-state index contributed by atoms with van der Waals surface area (Å²) in [6.07, 6.45) is 3.48. The fourth-order valence-electron chi connectivity index (χ4n) is 2.63. The van der Waals surface area contributed by atoms with Gasteiger partial charge >= 0.3 is 0 Å². The molecule has 0 amide bonds. The van der Waals surface area contributed by atoms with Gasteiger partial charge in [-0.15, -0.1) is 0 Å². The van der Waals surface area contributed by atoms with Crippen LogP contribution in [0.25, 0.3) is 10.8 Å². The lowest BCUT2D eigenvalue weighted by molar-refractivity contribution is -0.119. The molecule has 0 aromatic heterocycles. The minimum Gasteiger partial charge on any atom is -0.299 e. The molecule has 0 spiro atoms. The smallest absolute Gasteiger partial charge is 0.137 e. The minimum atomic E-state index is 0.366. The third-order valence-corrected chi connectivity index (χ3v) is 3.94. The monoisotopic (exact) mass is 254 g/mol. The van der Waals surface area contributed by atoms with E-state index in [1.54, 1.807) is 0 Å². The van der Waals surface area contributed by atoms with E-state index in [0.717, 1.165) is 24.8 Å². The van der Waals surface area contributed by atoms with Crippen molar-refractivity contribution >= 4 is 16.6 Å². The van der Waals surface area contributed by atoms with E-state index in [-0.39, 0.29) is 0 Å². The van der Waals surface area contributed by atoms with Crippen LogP contribution < -0.4 is 0 Å². The van der Waals surface area contributed by atoms with Crippen LogP contribution in [-0.4, -0.2) is 5.78 Å². The lowest BCUT2D eigenvalue weighted by atomic mass is 9.93. The van der Waals surface area contributed by atoms with E-state index in [2.05, 4.69) is 38.1 Å². The molecule has 0 aliphatic heterocycles. The summed E-state index contributed by atoms with van der Waals surface area (Å²) in [6.45, 7) is 4.33. The van der Waals surface area contributed by atoms with Crippen LogP contribution in [0, 0.1) is 5.92 Å². The molecule has 0 saturated carbocycles. The van der Waals surface area contributed by atoms with Gasteiger partial charge in [0, 0.05) is 12.8 Å². The van der Waals surface area contributed by atoms with Crippen molar-refractivity contribution in [3.05, 3.63) is 48.0 Å². The molecule has 0 saturated heterocycles. The van der Waals surface area contributed by atoms with Gasteiger partial charge in [-0.3, -0.25) is 4.79 Å². The maximum Gasteiger partial charge on any atom is 0.137 e.